The Balaban J connectivity index is 1.19. The Morgan fingerprint density at radius 2 is 1.71 bits per heavy atom. The summed E-state index contributed by atoms with van der Waals surface area (Å²) < 4.78 is 11.6. The zero-order valence-corrected chi connectivity index (χ0v) is 19.8. The number of carbonyl (C=O) groups is 1. The number of hydrogen-bond donors (Lipinski definition) is 2. The molecular formula is C27H18ClN3O3S. The fourth-order valence-corrected chi connectivity index (χ4v) is 3.74. The van der Waals surface area contributed by atoms with E-state index in [9.17, 15) is 4.79 Å². The molecule has 2 aromatic heterocycles. The van der Waals surface area contributed by atoms with E-state index in [-0.39, 0.29) is 11.0 Å². The van der Waals surface area contributed by atoms with Gasteiger partial charge in [0.25, 0.3) is 0 Å². The van der Waals surface area contributed by atoms with Gasteiger partial charge in [-0.25, -0.2) is 4.98 Å². The molecule has 0 bridgehead atoms. The number of benzene rings is 3. The quantitative estimate of drug-likeness (QED) is 0.201. The third-order valence-corrected chi connectivity index (χ3v) is 5.51. The minimum atomic E-state index is -0.388. The van der Waals surface area contributed by atoms with Crippen molar-refractivity contribution >= 4 is 57.7 Å². The van der Waals surface area contributed by atoms with Crippen molar-refractivity contribution in [2.75, 3.05) is 5.32 Å². The normalized spacial score (nSPS) is 11.1. The number of hydrogen-bond acceptors (Lipinski definition) is 5. The Labute approximate surface area is 211 Å². The van der Waals surface area contributed by atoms with Crippen LogP contribution in [0.1, 0.15) is 5.76 Å². The molecule has 3 aromatic carbocycles. The van der Waals surface area contributed by atoms with E-state index < -0.39 is 0 Å². The molecule has 172 valence electrons. The molecule has 0 fully saturated rings. The predicted octanol–water partition coefficient (Wildman–Crippen LogP) is 6.93. The topological polar surface area (TPSA) is 80.3 Å². The summed E-state index contributed by atoms with van der Waals surface area (Å²) in [5.74, 6) is 1.36. The lowest BCUT2D eigenvalue weighted by atomic mass is 10.2. The van der Waals surface area contributed by atoms with Gasteiger partial charge in [0.1, 0.15) is 17.0 Å². The lowest BCUT2D eigenvalue weighted by molar-refractivity contribution is -0.115. The van der Waals surface area contributed by atoms with Crippen LogP contribution in [0.4, 0.5) is 5.69 Å². The minimum absolute atomic E-state index is 0.159. The maximum absolute atomic E-state index is 12.3. The number of aromatic nitrogens is 1. The molecule has 6 nitrogen and oxygen atoms in total. The first-order chi connectivity index (χ1) is 17.0. The molecule has 0 saturated carbocycles. The first kappa shape index (κ1) is 22.6. The lowest BCUT2D eigenvalue weighted by Crippen LogP contribution is -2.32. The van der Waals surface area contributed by atoms with Crippen molar-refractivity contribution in [3.05, 3.63) is 102 Å². The Kier molecular flexibility index (Phi) is 6.43. The van der Waals surface area contributed by atoms with Gasteiger partial charge in [0, 0.05) is 27.9 Å². The number of furan rings is 1. The van der Waals surface area contributed by atoms with Crippen molar-refractivity contribution in [3.63, 3.8) is 0 Å². The van der Waals surface area contributed by atoms with Gasteiger partial charge in [0.05, 0.1) is 0 Å². The van der Waals surface area contributed by atoms with Crippen LogP contribution < -0.4 is 10.6 Å². The molecule has 5 aromatic rings. The highest BCUT2D eigenvalue weighted by molar-refractivity contribution is 7.80. The first-order valence-electron chi connectivity index (χ1n) is 10.7. The largest absolute Gasteiger partial charge is 0.457 e. The molecule has 2 heterocycles. The summed E-state index contributed by atoms with van der Waals surface area (Å²) in [4.78, 5) is 16.8. The van der Waals surface area contributed by atoms with Gasteiger partial charge in [0.2, 0.25) is 11.8 Å². The number of nitrogens with zero attached hydrogens (tertiary/aromatic N) is 1. The number of rotatable bonds is 5. The predicted molar refractivity (Wildman–Crippen MR) is 142 cm³/mol. The molecule has 35 heavy (non-hydrogen) atoms. The van der Waals surface area contributed by atoms with Gasteiger partial charge in [-0.3, -0.25) is 10.1 Å². The van der Waals surface area contributed by atoms with Crippen molar-refractivity contribution in [3.8, 4) is 22.8 Å². The molecule has 0 radical (unpaired) electrons. The highest BCUT2D eigenvalue weighted by Crippen LogP contribution is 2.26. The van der Waals surface area contributed by atoms with Gasteiger partial charge in [-0.1, -0.05) is 29.8 Å². The van der Waals surface area contributed by atoms with Crippen LogP contribution in [0.3, 0.4) is 0 Å². The number of amides is 1. The number of nitrogens with one attached hydrogen (secondary N) is 2. The van der Waals surface area contributed by atoms with Gasteiger partial charge in [-0.2, -0.15) is 0 Å². The number of fused-ring (bicyclic) bond motifs is 1. The van der Waals surface area contributed by atoms with Gasteiger partial charge in [-0.15, -0.1) is 0 Å². The van der Waals surface area contributed by atoms with Crippen LogP contribution in [0.2, 0.25) is 5.02 Å². The van der Waals surface area contributed by atoms with Gasteiger partial charge >= 0.3 is 0 Å². The first-order valence-corrected chi connectivity index (χ1v) is 11.4. The van der Waals surface area contributed by atoms with Crippen molar-refractivity contribution in [1.29, 1.82) is 0 Å². The van der Waals surface area contributed by atoms with Crippen LogP contribution in [-0.2, 0) is 4.79 Å². The average Bonchev–Trinajstić information content (AvgIpc) is 3.51. The second kappa shape index (κ2) is 9.97. The van der Waals surface area contributed by atoms with Crippen LogP contribution in [0.25, 0.3) is 40.0 Å². The summed E-state index contributed by atoms with van der Waals surface area (Å²) in [5.41, 5.74) is 3.80. The summed E-state index contributed by atoms with van der Waals surface area (Å²) in [6.07, 6.45) is 2.93. The second-order valence-corrected chi connectivity index (χ2v) is 8.40. The maximum Gasteiger partial charge on any atom is 0.250 e. The molecule has 0 atom stereocenters. The fraction of sp³-hybridized carbons (Fsp3) is 0. The zero-order valence-electron chi connectivity index (χ0n) is 18.2. The summed E-state index contributed by atoms with van der Waals surface area (Å²) in [7, 11) is 0. The van der Waals surface area contributed by atoms with Crippen LogP contribution in [0.5, 0.6) is 0 Å². The summed E-state index contributed by atoms with van der Waals surface area (Å²) in [6.45, 7) is 0. The van der Waals surface area contributed by atoms with Crippen molar-refractivity contribution in [2.24, 2.45) is 0 Å². The third kappa shape index (κ3) is 5.48. The molecule has 0 aliphatic heterocycles. The Morgan fingerprint density at radius 1 is 0.914 bits per heavy atom. The number of carbonyl (C=O) groups excluding carboxylic acids is 1. The Morgan fingerprint density at radius 3 is 2.51 bits per heavy atom. The van der Waals surface area contributed by atoms with E-state index in [0.29, 0.717) is 39.2 Å². The van der Waals surface area contributed by atoms with E-state index in [1.807, 2.05) is 48.5 Å². The zero-order chi connectivity index (χ0) is 24.2. The Bertz CT molecular complexity index is 1540. The van der Waals surface area contributed by atoms with E-state index in [0.717, 1.165) is 11.1 Å². The van der Waals surface area contributed by atoms with Crippen molar-refractivity contribution in [2.45, 2.75) is 0 Å². The molecule has 5 rings (SSSR count). The highest BCUT2D eigenvalue weighted by Gasteiger charge is 2.10. The van der Waals surface area contributed by atoms with Crippen LogP contribution in [0, 0.1) is 0 Å². The number of thiocarbonyl (C=S) groups is 1. The molecular weight excluding hydrogens is 482 g/mol. The molecule has 0 aliphatic rings. The van der Waals surface area contributed by atoms with Crippen molar-refractivity contribution in [1.82, 2.24) is 10.3 Å². The van der Waals surface area contributed by atoms with E-state index >= 15 is 0 Å². The van der Waals surface area contributed by atoms with Crippen LogP contribution in [0.15, 0.2) is 99.8 Å². The van der Waals surface area contributed by atoms with Crippen molar-refractivity contribution < 1.29 is 13.6 Å². The maximum atomic E-state index is 12.3. The SMILES string of the molecule is O=C(C=Cc1ccc(-c2ccc(Cl)cc2)o1)NC(=S)Nc1ccc2oc(-c3ccccc3)nc2c1. The molecule has 1 amide bonds. The number of oxazole rings is 1. The fourth-order valence-electron chi connectivity index (χ4n) is 3.39. The van der Waals surface area contributed by atoms with E-state index in [4.69, 9.17) is 32.7 Å². The molecule has 0 saturated heterocycles. The molecule has 0 unspecified atom stereocenters. The van der Waals surface area contributed by atoms with Gasteiger partial charge in [0.15, 0.2) is 10.7 Å². The lowest BCUT2D eigenvalue weighted by Gasteiger charge is -2.07. The van der Waals surface area contributed by atoms with E-state index in [1.165, 1.54) is 6.08 Å². The summed E-state index contributed by atoms with van der Waals surface area (Å²) >= 11 is 11.2. The molecule has 2 N–H and O–H groups in total. The summed E-state index contributed by atoms with van der Waals surface area (Å²) in [6, 6.07) is 26.0. The minimum Gasteiger partial charge on any atom is -0.457 e. The summed E-state index contributed by atoms with van der Waals surface area (Å²) in [5, 5.41) is 6.42. The third-order valence-electron chi connectivity index (χ3n) is 5.06. The monoisotopic (exact) mass is 499 g/mol. The highest BCUT2D eigenvalue weighted by atomic mass is 35.5. The molecule has 0 aliphatic carbocycles. The van der Waals surface area contributed by atoms with Crippen LogP contribution in [-0.4, -0.2) is 16.0 Å². The van der Waals surface area contributed by atoms with Gasteiger partial charge < -0.3 is 14.2 Å². The van der Waals surface area contributed by atoms with Crippen LogP contribution >= 0.6 is 23.8 Å². The molecule has 8 heteroatoms. The Hall–Kier alpha value is -4.20. The smallest absolute Gasteiger partial charge is 0.250 e. The second-order valence-electron chi connectivity index (χ2n) is 7.55. The van der Waals surface area contributed by atoms with E-state index in [1.54, 1.807) is 42.5 Å². The number of halogens is 1. The number of anilines is 1. The van der Waals surface area contributed by atoms with E-state index in [2.05, 4.69) is 15.6 Å². The average molecular weight is 500 g/mol. The molecule has 0 spiro atoms. The standard InChI is InChI=1S/C27H18ClN3O3S/c28-19-8-6-17(7-9-19)23-14-11-21(33-23)12-15-25(32)31-27(35)29-20-10-13-24-22(16-20)30-26(34-24)18-4-2-1-3-5-18/h1-16H,(H2,29,31,32,35). The van der Waals surface area contributed by atoms with Gasteiger partial charge in [-0.05, 0) is 85.0 Å².